The molecule has 1 aromatic carbocycles. The van der Waals surface area contributed by atoms with E-state index in [1.54, 1.807) is 0 Å². The number of aliphatic imine (C=N–C) groups is 1. The first-order valence-electron chi connectivity index (χ1n) is 5.75. The van der Waals surface area contributed by atoms with Crippen LogP contribution in [0, 0.1) is 0 Å². The van der Waals surface area contributed by atoms with E-state index in [1.165, 1.54) is 28.9 Å². The van der Waals surface area contributed by atoms with Crippen LogP contribution in [0.4, 0.5) is 5.69 Å². The zero-order valence-electron chi connectivity index (χ0n) is 10.1. The van der Waals surface area contributed by atoms with Crippen molar-refractivity contribution in [1.29, 1.82) is 0 Å². The van der Waals surface area contributed by atoms with Gasteiger partial charge in [-0.3, -0.25) is 4.99 Å². The van der Waals surface area contributed by atoms with Crippen LogP contribution in [0.2, 0.25) is 0 Å². The lowest BCUT2D eigenvalue weighted by molar-refractivity contribution is 0.715. The first-order chi connectivity index (χ1) is 7.07. The van der Waals surface area contributed by atoms with Gasteiger partial charge in [-0.2, -0.15) is 0 Å². The average Bonchev–Trinajstić information content (AvgIpc) is 2.39. The second-order valence-corrected chi connectivity index (χ2v) is 4.88. The fraction of sp³-hybridized carbons (Fsp3) is 0.500. The summed E-state index contributed by atoms with van der Waals surface area (Å²) in [5.74, 6) is 0. The molecule has 2 rings (SSSR count). The zero-order valence-corrected chi connectivity index (χ0v) is 10.1. The minimum absolute atomic E-state index is 0.126. The minimum Gasteiger partial charge on any atom is -0.257 e. The molecular formula is C14H19N. The lowest BCUT2D eigenvalue weighted by atomic mass is 9.79. The van der Waals surface area contributed by atoms with Crippen molar-refractivity contribution < 1.29 is 0 Å². The molecule has 0 unspecified atom stereocenters. The second-order valence-electron chi connectivity index (χ2n) is 4.88. The van der Waals surface area contributed by atoms with Crippen molar-refractivity contribution in [3.05, 3.63) is 29.3 Å². The number of rotatable bonds is 2. The number of nitrogens with zero attached hydrogens (tertiary/aromatic N) is 1. The molecule has 1 aromatic rings. The molecule has 0 fully saturated rings. The largest absolute Gasteiger partial charge is 0.257 e. The second kappa shape index (κ2) is 3.48. The van der Waals surface area contributed by atoms with Crippen LogP contribution in [0.1, 0.15) is 45.2 Å². The van der Waals surface area contributed by atoms with Crippen LogP contribution in [-0.2, 0) is 11.8 Å². The Hall–Kier alpha value is -1.11. The smallest absolute Gasteiger partial charge is 0.0673 e. The third-order valence-corrected chi connectivity index (χ3v) is 3.47. The fourth-order valence-corrected chi connectivity index (χ4v) is 2.38. The van der Waals surface area contributed by atoms with E-state index in [2.05, 4.69) is 50.9 Å². The summed E-state index contributed by atoms with van der Waals surface area (Å²) in [6.45, 7) is 8.92. The number of aryl methyl sites for hydroxylation is 1. The molecule has 1 aliphatic heterocycles. The molecular weight excluding hydrogens is 182 g/mol. The van der Waals surface area contributed by atoms with Gasteiger partial charge in [0.25, 0.3) is 0 Å². The first-order valence-corrected chi connectivity index (χ1v) is 5.75. The van der Waals surface area contributed by atoms with Crippen molar-refractivity contribution in [2.45, 2.75) is 46.0 Å². The van der Waals surface area contributed by atoms with Gasteiger partial charge in [0, 0.05) is 11.1 Å². The molecule has 0 aliphatic carbocycles. The van der Waals surface area contributed by atoms with E-state index in [0.29, 0.717) is 0 Å². The average molecular weight is 201 g/mol. The number of hydrogen-bond acceptors (Lipinski definition) is 1. The van der Waals surface area contributed by atoms with Crippen LogP contribution in [0.15, 0.2) is 23.2 Å². The van der Waals surface area contributed by atoms with E-state index in [4.69, 9.17) is 0 Å². The standard InChI is InChI=1S/C14H19N/c1-5-7-11-8-6-9-12-13(11)14(3,4)10(2)15-12/h6,8-9H,5,7H2,1-4H3. The summed E-state index contributed by atoms with van der Waals surface area (Å²) in [6.07, 6.45) is 2.36. The van der Waals surface area contributed by atoms with Crippen molar-refractivity contribution in [3.63, 3.8) is 0 Å². The molecule has 1 aliphatic rings. The summed E-state index contributed by atoms with van der Waals surface area (Å²) < 4.78 is 0. The molecule has 0 saturated heterocycles. The highest BCUT2D eigenvalue weighted by Gasteiger charge is 2.33. The summed E-state index contributed by atoms with van der Waals surface area (Å²) in [6, 6.07) is 6.51. The summed E-state index contributed by atoms with van der Waals surface area (Å²) in [5.41, 5.74) is 5.47. The van der Waals surface area contributed by atoms with E-state index >= 15 is 0 Å². The summed E-state index contributed by atoms with van der Waals surface area (Å²) in [5, 5.41) is 0. The third-order valence-electron chi connectivity index (χ3n) is 3.47. The van der Waals surface area contributed by atoms with Gasteiger partial charge in [0.2, 0.25) is 0 Å². The lowest BCUT2D eigenvalue weighted by Crippen LogP contribution is -2.24. The maximum atomic E-state index is 4.66. The Bertz CT molecular complexity index is 413. The van der Waals surface area contributed by atoms with Crippen molar-refractivity contribution >= 4 is 11.4 Å². The van der Waals surface area contributed by atoms with Gasteiger partial charge in [-0.1, -0.05) is 39.3 Å². The molecule has 1 heterocycles. The van der Waals surface area contributed by atoms with Crippen LogP contribution in [-0.4, -0.2) is 5.71 Å². The van der Waals surface area contributed by atoms with E-state index in [0.717, 1.165) is 6.42 Å². The van der Waals surface area contributed by atoms with Gasteiger partial charge in [0.05, 0.1) is 5.69 Å². The molecule has 0 N–H and O–H groups in total. The monoisotopic (exact) mass is 201 g/mol. The molecule has 1 heteroatoms. The van der Waals surface area contributed by atoms with Crippen molar-refractivity contribution in [2.75, 3.05) is 0 Å². The highest BCUT2D eigenvalue weighted by atomic mass is 14.8. The third kappa shape index (κ3) is 1.50. The SMILES string of the molecule is CCCc1cccc2c1C(C)(C)C(C)=N2. The minimum atomic E-state index is 0.126. The van der Waals surface area contributed by atoms with E-state index in [-0.39, 0.29) is 5.41 Å². The fourth-order valence-electron chi connectivity index (χ4n) is 2.38. The molecule has 0 atom stereocenters. The summed E-state index contributed by atoms with van der Waals surface area (Å²) in [4.78, 5) is 4.66. The number of fused-ring (bicyclic) bond motifs is 1. The molecule has 80 valence electrons. The molecule has 0 aromatic heterocycles. The molecule has 0 radical (unpaired) electrons. The normalized spacial score (nSPS) is 17.5. The predicted molar refractivity (Wildman–Crippen MR) is 66.2 cm³/mol. The predicted octanol–water partition coefficient (Wildman–Crippen LogP) is 4.02. The molecule has 0 saturated carbocycles. The van der Waals surface area contributed by atoms with E-state index < -0.39 is 0 Å². The van der Waals surface area contributed by atoms with Crippen molar-refractivity contribution in [2.24, 2.45) is 4.99 Å². The first kappa shape index (κ1) is 10.4. The number of benzene rings is 1. The van der Waals surface area contributed by atoms with E-state index in [1.807, 2.05) is 0 Å². The van der Waals surface area contributed by atoms with Gasteiger partial charge in [-0.05, 0) is 30.5 Å². The van der Waals surface area contributed by atoms with Gasteiger partial charge >= 0.3 is 0 Å². The van der Waals surface area contributed by atoms with E-state index in [9.17, 15) is 0 Å². The van der Waals surface area contributed by atoms with Crippen LogP contribution < -0.4 is 0 Å². The Morgan fingerprint density at radius 2 is 2.00 bits per heavy atom. The Balaban J connectivity index is 2.57. The van der Waals surface area contributed by atoms with Gasteiger partial charge in [-0.15, -0.1) is 0 Å². The van der Waals surface area contributed by atoms with Crippen LogP contribution in [0.3, 0.4) is 0 Å². The van der Waals surface area contributed by atoms with Crippen molar-refractivity contribution in [3.8, 4) is 0 Å². The van der Waals surface area contributed by atoms with Gasteiger partial charge in [-0.25, -0.2) is 0 Å². The highest BCUT2D eigenvalue weighted by molar-refractivity contribution is 6.00. The Morgan fingerprint density at radius 1 is 1.27 bits per heavy atom. The maximum Gasteiger partial charge on any atom is 0.0673 e. The topological polar surface area (TPSA) is 12.4 Å². The van der Waals surface area contributed by atoms with Crippen molar-refractivity contribution in [1.82, 2.24) is 0 Å². The Labute approximate surface area is 92.2 Å². The summed E-state index contributed by atoms with van der Waals surface area (Å²) in [7, 11) is 0. The molecule has 0 spiro atoms. The Kier molecular flexibility index (Phi) is 2.41. The van der Waals surface area contributed by atoms with Crippen LogP contribution >= 0.6 is 0 Å². The quantitative estimate of drug-likeness (QED) is 0.685. The zero-order chi connectivity index (χ0) is 11.1. The van der Waals surface area contributed by atoms with Crippen LogP contribution in [0.5, 0.6) is 0 Å². The molecule has 1 nitrogen and oxygen atoms in total. The molecule has 15 heavy (non-hydrogen) atoms. The van der Waals surface area contributed by atoms with Gasteiger partial charge in [0.1, 0.15) is 0 Å². The van der Waals surface area contributed by atoms with Crippen LogP contribution in [0.25, 0.3) is 0 Å². The lowest BCUT2D eigenvalue weighted by Gasteiger charge is -2.23. The summed E-state index contributed by atoms with van der Waals surface area (Å²) >= 11 is 0. The highest BCUT2D eigenvalue weighted by Crippen LogP contribution is 2.42. The molecule has 0 amide bonds. The number of hydrogen-bond donors (Lipinski definition) is 0. The van der Waals surface area contributed by atoms with Gasteiger partial charge < -0.3 is 0 Å². The Morgan fingerprint density at radius 3 is 2.67 bits per heavy atom. The maximum absolute atomic E-state index is 4.66. The van der Waals surface area contributed by atoms with Gasteiger partial charge in [0.15, 0.2) is 0 Å². The molecule has 0 bridgehead atoms.